The number of nitrogens with two attached hydrogens (primary N) is 1. The maximum Gasteiger partial charge on any atom is 0.149 e. The molecule has 15 heavy (non-hydrogen) atoms. The van der Waals surface area contributed by atoms with E-state index in [9.17, 15) is 4.79 Å². The van der Waals surface area contributed by atoms with E-state index in [2.05, 4.69) is 25.1 Å². The predicted octanol–water partition coefficient (Wildman–Crippen LogP) is 2.16. The molecule has 1 aliphatic rings. The van der Waals surface area contributed by atoms with Crippen molar-refractivity contribution in [3.63, 3.8) is 0 Å². The lowest BCUT2D eigenvalue weighted by Crippen LogP contribution is -2.36. The molecule has 2 nitrogen and oxygen atoms in total. The zero-order valence-electron chi connectivity index (χ0n) is 9.07. The van der Waals surface area contributed by atoms with E-state index in [1.165, 1.54) is 11.1 Å². The lowest BCUT2D eigenvalue weighted by atomic mass is 9.79. The number of benzene rings is 1. The van der Waals surface area contributed by atoms with Gasteiger partial charge in [-0.3, -0.25) is 4.79 Å². The number of carbonyl (C=O) groups is 1. The van der Waals surface area contributed by atoms with Crippen LogP contribution >= 0.6 is 0 Å². The largest absolute Gasteiger partial charge is 0.321 e. The molecule has 2 rings (SSSR count). The van der Waals surface area contributed by atoms with Crippen molar-refractivity contribution in [2.45, 2.75) is 38.1 Å². The van der Waals surface area contributed by atoms with Crippen LogP contribution in [0.25, 0.3) is 0 Å². The summed E-state index contributed by atoms with van der Waals surface area (Å²) in [6.07, 6.45) is 2.40. The molecule has 2 unspecified atom stereocenters. The molecule has 2 atom stereocenters. The second-order valence-electron chi connectivity index (χ2n) is 4.40. The fourth-order valence-corrected chi connectivity index (χ4v) is 2.39. The highest BCUT2D eigenvalue weighted by Gasteiger charge is 2.27. The van der Waals surface area contributed by atoms with Crippen molar-refractivity contribution in [2.75, 3.05) is 0 Å². The average molecular weight is 203 g/mol. The van der Waals surface area contributed by atoms with Gasteiger partial charge < -0.3 is 5.73 Å². The minimum atomic E-state index is -0.247. The lowest BCUT2D eigenvalue weighted by Gasteiger charge is -2.27. The van der Waals surface area contributed by atoms with Crippen LogP contribution in [-0.4, -0.2) is 11.8 Å². The third-order valence-electron chi connectivity index (χ3n) is 3.32. The Kier molecular flexibility index (Phi) is 2.87. The Morgan fingerprint density at radius 3 is 2.73 bits per heavy atom. The average Bonchev–Trinajstić information content (AvgIpc) is 2.23. The molecule has 1 fully saturated rings. The van der Waals surface area contributed by atoms with E-state index in [1.54, 1.807) is 0 Å². The van der Waals surface area contributed by atoms with Crippen LogP contribution in [0, 0.1) is 6.92 Å². The Labute approximate surface area is 90.5 Å². The molecule has 0 radical (unpaired) electrons. The van der Waals surface area contributed by atoms with Gasteiger partial charge in [-0.15, -0.1) is 0 Å². The number of ketones is 1. The molecule has 1 aromatic carbocycles. The van der Waals surface area contributed by atoms with Gasteiger partial charge >= 0.3 is 0 Å². The van der Waals surface area contributed by atoms with Crippen LogP contribution in [-0.2, 0) is 4.79 Å². The van der Waals surface area contributed by atoms with Gasteiger partial charge in [0.1, 0.15) is 5.78 Å². The molecule has 80 valence electrons. The summed E-state index contributed by atoms with van der Waals surface area (Å²) in [5.41, 5.74) is 8.48. The fraction of sp³-hybridized carbons (Fsp3) is 0.462. The highest BCUT2D eigenvalue weighted by atomic mass is 16.1. The fourth-order valence-electron chi connectivity index (χ4n) is 2.39. The molecular weight excluding hydrogens is 186 g/mol. The quantitative estimate of drug-likeness (QED) is 0.760. The minimum absolute atomic E-state index is 0.222. The van der Waals surface area contributed by atoms with Crippen LogP contribution in [0.4, 0.5) is 0 Å². The Morgan fingerprint density at radius 1 is 1.33 bits per heavy atom. The number of Topliss-reactive ketones (excluding diaryl/α,β-unsaturated/α-hetero) is 1. The molecule has 2 N–H and O–H groups in total. The summed E-state index contributed by atoms with van der Waals surface area (Å²) in [4.78, 5) is 11.3. The second-order valence-corrected chi connectivity index (χ2v) is 4.40. The monoisotopic (exact) mass is 203 g/mol. The van der Waals surface area contributed by atoms with Crippen LogP contribution in [0.3, 0.4) is 0 Å². The molecule has 0 heterocycles. The molecule has 0 aromatic heterocycles. The first kappa shape index (κ1) is 10.4. The minimum Gasteiger partial charge on any atom is -0.321 e. The molecular formula is C13H17NO. The third-order valence-corrected chi connectivity index (χ3v) is 3.32. The van der Waals surface area contributed by atoms with Gasteiger partial charge in [0, 0.05) is 6.42 Å². The van der Waals surface area contributed by atoms with Crippen molar-refractivity contribution in [3.8, 4) is 0 Å². The molecule has 0 bridgehead atoms. The summed E-state index contributed by atoms with van der Waals surface area (Å²) in [5, 5.41) is 0. The summed E-state index contributed by atoms with van der Waals surface area (Å²) in [6.45, 7) is 2.12. The van der Waals surface area contributed by atoms with E-state index in [4.69, 9.17) is 5.73 Å². The van der Waals surface area contributed by atoms with Crippen molar-refractivity contribution < 1.29 is 4.79 Å². The predicted molar refractivity (Wildman–Crippen MR) is 60.8 cm³/mol. The van der Waals surface area contributed by atoms with Crippen LogP contribution in [0.1, 0.15) is 36.3 Å². The van der Waals surface area contributed by atoms with E-state index in [0.717, 1.165) is 12.8 Å². The summed E-state index contributed by atoms with van der Waals surface area (Å²) in [6, 6.07) is 8.14. The van der Waals surface area contributed by atoms with Gasteiger partial charge in [0.15, 0.2) is 0 Å². The first-order chi connectivity index (χ1) is 7.18. The SMILES string of the molecule is Cc1ccccc1C1CCC(=O)C(N)C1. The van der Waals surface area contributed by atoms with Crippen LogP contribution in [0.15, 0.2) is 24.3 Å². The maximum atomic E-state index is 11.3. The number of carbonyl (C=O) groups excluding carboxylic acids is 1. The first-order valence-electron chi connectivity index (χ1n) is 5.52. The second kappa shape index (κ2) is 4.15. The van der Waals surface area contributed by atoms with Gasteiger partial charge in [-0.05, 0) is 36.8 Å². The first-order valence-corrected chi connectivity index (χ1v) is 5.52. The number of hydrogen-bond donors (Lipinski definition) is 1. The summed E-state index contributed by atoms with van der Waals surface area (Å²) >= 11 is 0. The number of rotatable bonds is 1. The molecule has 0 aliphatic heterocycles. The van der Waals surface area contributed by atoms with Crippen LogP contribution in [0.2, 0.25) is 0 Å². The van der Waals surface area contributed by atoms with E-state index in [-0.39, 0.29) is 11.8 Å². The van der Waals surface area contributed by atoms with Crippen molar-refractivity contribution in [1.82, 2.24) is 0 Å². The Hall–Kier alpha value is -1.15. The van der Waals surface area contributed by atoms with Gasteiger partial charge in [-0.25, -0.2) is 0 Å². The van der Waals surface area contributed by atoms with Crippen LogP contribution < -0.4 is 5.73 Å². The topological polar surface area (TPSA) is 43.1 Å². The molecule has 0 amide bonds. The molecule has 0 saturated heterocycles. The molecule has 0 spiro atoms. The standard InChI is InChI=1S/C13H17NO/c1-9-4-2-3-5-11(9)10-6-7-13(15)12(14)8-10/h2-5,10,12H,6-8,14H2,1H3. The summed E-state index contributed by atoms with van der Waals surface area (Å²) in [7, 11) is 0. The zero-order valence-corrected chi connectivity index (χ0v) is 9.07. The summed E-state index contributed by atoms with van der Waals surface area (Å²) < 4.78 is 0. The van der Waals surface area contributed by atoms with Gasteiger partial charge in [0.05, 0.1) is 6.04 Å². The Balaban J connectivity index is 2.19. The highest BCUT2D eigenvalue weighted by Crippen LogP contribution is 2.32. The van der Waals surface area contributed by atoms with Crippen molar-refractivity contribution in [2.24, 2.45) is 5.73 Å². The van der Waals surface area contributed by atoms with Crippen molar-refractivity contribution >= 4 is 5.78 Å². The Bertz CT molecular complexity index is 373. The van der Waals surface area contributed by atoms with E-state index < -0.39 is 0 Å². The summed E-state index contributed by atoms with van der Waals surface area (Å²) in [5.74, 6) is 0.693. The molecule has 1 aromatic rings. The van der Waals surface area contributed by atoms with Gasteiger partial charge in [0.2, 0.25) is 0 Å². The Morgan fingerprint density at radius 2 is 2.07 bits per heavy atom. The number of aryl methyl sites for hydroxylation is 1. The van der Waals surface area contributed by atoms with Gasteiger partial charge in [0.25, 0.3) is 0 Å². The van der Waals surface area contributed by atoms with E-state index in [1.807, 2.05) is 6.07 Å². The number of hydrogen-bond acceptors (Lipinski definition) is 2. The third kappa shape index (κ3) is 2.10. The molecule has 1 aliphatic carbocycles. The van der Waals surface area contributed by atoms with Crippen molar-refractivity contribution in [3.05, 3.63) is 35.4 Å². The smallest absolute Gasteiger partial charge is 0.149 e. The van der Waals surface area contributed by atoms with E-state index in [0.29, 0.717) is 12.3 Å². The lowest BCUT2D eigenvalue weighted by molar-refractivity contribution is -0.121. The molecule has 2 heteroatoms. The normalized spacial score (nSPS) is 26.7. The van der Waals surface area contributed by atoms with Gasteiger partial charge in [-0.2, -0.15) is 0 Å². The van der Waals surface area contributed by atoms with Gasteiger partial charge in [-0.1, -0.05) is 24.3 Å². The molecule has 1 saturated carbocycles. The maximum absolute atomic E-state index is 11.3. The van der Waals surface area contributed by atoms with Crippen molar-refractivity contribution in [1.29, 1.82) is 0 Å². The van der Waals surface area contributed by atoms with Crippen LogP contribution in [0.5, 0.6) is 0 Å². The van der Waals surface area contributed by atoms with E-state index >= 15 is 0 Å². The highest BCUT2D eigenvalue weighted by molar-refractivity contribution is 5.84. The zero-order chi connectivity index (χ0) is 10.8.